The van der Waals surface area contributed by atoms with E-state index >= 15 is 0 Å². The van der Waals surface area contributed by atoms with E-state index in [0.717, 1.165) is 11.3 Å². The minimum Gasteiger partial charge on any atom is -0.392 e. The highest BCUT2D eigenvalue weighted by Crippen LogP contribution is 2.33. The average molecular weight is 312 g/mol. The minimum absolute atomic E-state index is 0.0726. The fourth-order valence-electron chi connectivity index (χ4n) is 3.25. The monoisotopic (exact) mass is 312 g/mol. The number of aliphatic hydroxyl groups is 1. The minimum atomic E-state index is -0.375. The van der Waals surface area contributed by atoms with Gasteiger partial charge in [-0.2, -0.15) is 0 Å². The zero-order valence-corrected chi connectivity index (χ0v) is 12.5. The maximum absolute atomic E-state index is 13.1. The molecule has 1 saturated heterocycles. The Balaban J connectivity index is 1.59. The number of rotatable bonds is 3. The third-order valence-corrected chi connectivity index (χ3v) is 4.29. The molecule has 3 aromatic rings. The SMILES string of the molecule is OC1CC(c2ccc(F)cc2)N(Cc2cn3cccnc3n2)C1. The summed E-state index contributed by atoms with van der Waals surface area (Å²) in [5, 5.41) is 10.1. The number of fused-ring (bicyclic) bond motifs is 1. The van der Waals surface area contributed by atoms with Gasteiger partial charge in [0.2, 0.25) is 5.78 Å². The van der Waals surface area contributed by atoms with Crippen LogP contribution in [0.25, 0.3) is 5.78 Å². The molecule has 0 amide bonds. The van der Waals surface area contributed by atoms with Gasteiger partial charge in [-0.15, -0.1) is 0 Å². The van der Waals surface area contributed by atoms with Crippen molar-refractivity contribution in [2.75, 3.05) is 6.54 Å². The van der Waals surface area contributed by atoms with Crippen molar-refractivity contribution < 1.29 is 9.50 Å². The van der Waals surface area contributed by atoms with Gasteiger partial charge in [-0.05, 0) is 30.2 Å². The lowest BCUT2D eigenvalue weighted by atomic mass is 10.0. The van der Waals surface area contributed by atoms with Gasteiger partial charge in [-0.3, -0.25) is 9.30 Å². The van der Waals surface area contributed by atoms with E-state index in [0.29, 0.717) is 25.3 Å². The Morgan fingerprint density at radius 2 is 2.09 bits per heavy atom. The third kappa shape index (κ3) is 2.83. The number of aromatic nitrogens is 3. The molecule has 118 valence electrons. The number of likely N-dealkylation sites (tertiary alicyclic amines) is 1. The van der Waals surface area contributed by atoms with Gasteiger partial charge in [-0.1, -0.05) is 12.1 Å². The smallest absolute Gasteiger partial charge is 0.233 e. The van der Waals surface area contributed by atoms with Crippen LogP contribution < -0.4 is 0 Å². The van der Waals surface area contributed by atoms with Crippen molar-refractivity contribution in [1.82, 2.24) is 19.3 Å². The molecule has 1 N–H and O–H groups in total. The lowest BCUT2D eigenvalue weighted by molar-refractivity contribution is 0.172. The van der Waals surface area contributed by atoms with Gasteiger partial charge >= 0.3 is 0 Å². The van der Waals surface area contributed by atoms with E-state index in [9.17, 15) is 9.50 Å². The van der Waals surface area contributed by atoms with Crippen LogP contribution in [-0.4, -0.2) is 37.0 Å². The van der Waals surface area contributed by atoms with Crippen molar-refractivity contribution in [2.45, 2.75) is 25.1 Å². The number of β-amino-alcohol motifs (C(OH)–C–C–N with tert-alkyl or cyclic N) is 1. The molecule has 4 rings (SSSR count). The summed E-state index contributed by atoms with van der Waals surface area (Å²) < 4.78 is 15.0. The van der Waals surface area contributed by atoms with Crippen LogP contribution in [-0.2, 0) is 6.54 Å². The predicted octanol–water partition coefficient (Wildman–Crippen LogP) is 2.18. The van der Waals surface area contributed by atoms with Crippen LogP contribution >= 0.6 is 0 Å². The van der Waals surface area contributed by atoms with Gasteiger partial charge in [-0.25, -0.2) is 14.4 Å². The second-order valence-corrected chi connectivity index (χ2v) is 5.95. The quantitative estimate of drug-likeness (QED) is 0.805. The summed E-state index contributed by atoms with van der Waals surface area (Å²) in [6, 6.07) is 8.44. The molecule has 3 heterocycles. The van der Waals surface area contributed by atoms with E-state index in [1.165, 1.54) is 12.1 Å². The molecule has 0 bridgehead atoms. The van der Waals surface area contributed by atoms with Gasteiger partial charge in [0.15, 0.2) is 0 Å². The van der Waals surface area contributed by atoms with Crippen molar-refractivity contribution in [3.8, 4) is 0 Å². The number of halogens is 1. The average Bonchev–Trinajstić information content (AvgIpc) is 3.11. The summed E-state index contributed by atoms with van der Waals surface area (Å²) in [4.78, 5) is 10.9. The maximum atomic E-state index is 13.1. The summed E-state index contributed by atoms with van der Waals surface area (Å²) in [6.45, 7) is 1.21. The number of imidazole rings is 1. The molecule has 6 heteroatoms. The highest BCUT2D eigenvalue weighted by atomic mass is 19.1. The van der Waals surface area contributed by atoms with Gasteiger partial charge in [0.1, 0.15) is 5.82 Å². The van der Waals surface area contributed by atoms with E-state index in [1.54, 1.807) is 18.3 Å². The Bertz CT molecular complexity index is 784. The highest BCUT2D eigenvalue weighted by molar-refractivity contribution is 5.30. The van der Waals surface area contributed by atoms with Crippen molar-refractivity contribution in [3.63, 3.8) is 0 Å². The fourth-order valence-corrected chi connectivity index (χ4v) is 3.25. The van der Waals surface area contributed by atoms with Crippen molar-refractivity contribution >= 4 is 5.78 Å². The molecular weight excluding hydrogens is 295 g/mol. The van der Waals surface area contributed by atoms with Gasteiger partial charge in [0.25, 0.3) is 0 Å². The topological polar surface area (TPSA) is 53.7 Å². The zero-order valence-electron chi connectivity index (χ0n) is 12.5. The van der Waals surface area contributed by atoms with E-state index in [1.807, 2.05) is 22.9 Å². The van der Waals surface area contributed by atoms with Gasteiger partial charge < -0.3 is 5.11 Å². The van der Waals surface area contributed by atoms with Crippen LogP contribution in [0.5, 0.6) is 0 Å². The molecule has 1 aliphatic heterocycles. The van der Waals surface area contributed by atoms with Crippen LogP contribution in [0.2, 0.25) is 0 Å². The van der Waals surface area contributed by atoms with E-state index in [2.05, 4.69) is 14.9 Å². The third-order valence-electron chi connectivity index (χ3n) is 4.29. The summed E-state index contributed by atoms with van der Waals surface area (Å²) >= 11 is 0. The molecule has 5 nitrogen and oxygen atoms in total. The Hall–Kier alpha value is -2.31. The molecule has 2 atom stereocenters. The number of hydrogen-bond donors (Lipinski definition) is 1. The molecule has 23 heavy (non-hydrogen) atoms. The summed E-state index contributed by atoms with van der Waals surface area (Å²) in [5.41, 5.74) is 1.93. The highest BCUT2D eigenvalue weighted by Gasteiger charge is 2.32. The first-order valence-electron chi connectivity index (χ1n) is 7.65. The first kappa shape index (κ1) is 14.3. The number of benzene rings is 1. The second-order valence-electron chi connectivity index (χ2n) is 5.95. The number of aliphatic hydroxyl groups excluding tert-OH is 1. The van der Waals surface area contributed by atoms with E-state index in [-0.39, 0.29) is 18.0 Å². The lowest BCUT2D eigenvalue weighted by Gasteiger charge is -2.23. The summed E-state index contributed by atoms with van der Waals surface area (Å²) in [5.74, 6) is 0.422. The Morgan fingerprint density at radius 3 is 2.87 bits per heavy atom. The molecule has 1 aromatic carbocycles. The number of nitrogens with zero attached hydrogens (tertiary/aromatic N) is 4. The second kappa shape index (κ2) is 5.72. The number of hydrogen-bond acceptors (Lipinski definition) is 4. The molecule has 0 saturated carbocycles. The Kier molecular flexibility index (Phi) is 3.55. The molecule has 1 fully saturated rings. The molecule has 0 radical (unpaired) electrons. The molecule has 2 unspecified atom stereocenters. The molecule has 0 spiro atoms. The largest absolute Gasteiger partial charge is 0.392 e. The zero-order chi connectivity index (χ0) is 15.8. The van der Waals surface area contributed by atoms with Gasteiger partial charge in [0.05, 0.1) is 11.8 Å². The Labute approximate surface area is 133 Å². The van der Waals surface area contributed by atoms with Crippen LogP contribution in [0.1, 0.15) is 23.7 Å². The normalized spacial score (nSPS) is 22.0. The van der Waals surface area contributed by atoms with E-state index < -0.39 is 0 Å². The first-order chi connectivity index (χ1) is 11.2. The van der Waals surface area contributed by atoms with Crippen LogP contribution in [0, 0.1) is 5.82 Å². The molecular formula is C17H17FN4O. The molecule has 2 aromatic heterocycles. The standard InChI is InChI=1S/C17H17FN4O/c18-13-4-2-12(3-5-13)16-8-15(23)11-22(16)10-14-9-21-7-1-6-19-17(21)20-14/h1-7,9,15-16,23H,8,10-11H2. The van der Waals surface area contributed by atoms with Crippen molar-refractivity contribution in [3.05, 3.63) is 66.0 Å². The predicted molar refractivity (Wildman–Crippen MR) is 83.2 cm³/mol. The van der Waals surface area contributed by atoms with Crippen LogP contribution in [0.3, 0.4) is 0 Å². The van der Waals surface area contributed by atoms with E-state index in [4.69, 9.17) is 0 Å². The van der Waals surface area contributed by atoms with Gasteiger partial charge in [0, 0.05) is 37.7 Å². The maximum Gasteiger partial charge on any atom is 0.233 e. The van der Waals surface area contributed by atoms with Crippen molar-refractivity contribution in [1.29, 1.82) is 0 Å². The summed E-state index contributed by atoms with van der Waals surface area (Å²) in [6.07, 6.45) is 5.86. The fraction of sp³-hybridized carbons (Fsp3) is 0.294. The van der Waals surface area contributed by atoms with Crippen LogP contribution in [0.4, 0.5) is 4.39 Å². The summed E-state index contributed by atoms with van der Waals surface area (Å²) in [7, 11) is 0. The Morgan fingerprint density at radius 1 is 1.26 bits per heavy atom. The van der Waals surface area contributed by atoms with Crippen molar-refractivity contribution in [2.24, 2.45) is 0 Å². The molecule has 1 aliphatic rings. The first-order valence-corrected chi connectivity index (χ1v) is 7.65. The lowest BCUT2D eigenvalue weighted by Crippen LogP contribution is -2.24. The van der Waals surface area contributed by atoms with Crippen LogP contribution in [0.15, 0.2) is 48.9 Å². The molecule has 0 aliphatic carbocycles.